The van der Waals surface area contributed by atoms with Gasteiger partial charge < -0.3 is 9.67 Å². The summed E-state index contributed by atoms with van der Waals surface area (Å²) in [5.74, 6) is -0.961. The molecule has 0 spiro atoms. The van der Waals surface area contributed by atoms with Crippen LogP contribution in [0.2, 0.25) is 0 Å². The standard InChI is InChI=1S/C11H10N4O3/c16-10-9(12-3-4-14(10)8-1-2-8)15-6-7(5-13-15)11(17)18/h3-6,8H,1-2H2,(H,17,18). The van der Waals surface area contributed by atoms with E-state index < -0.39 is 5.97 Å². The highest BCUT2D eigenvalue weighted by atomic mass is 16.4. The lowest BCUT2D eigenvalue weighted by atomic mass is 10.4. The molecule has 7 heteroatoms. The second-order valence-electron chi connectivity index (χ2n) is 4.17. The lowest BCUT2D eigenvalue weighted by Crippen LogP contribution is -2.24. The summed E-state index contributed by atoms with van der Waals surface area (Å²) in [4.78, 5) is 26.8. The summed E-state index contributed by atoms with van der Waals surface area (Å²) in [6.07, 6.45) is 7.62. The first-order valence-corrected chi connectivity index (χ1v) is 5.52. The average Bonchev–Trinajstić information content (AvgIpc) is 3.06. The van der Waals surface area contributed by atoms with E-state index in [0.717, 1.165) is 12.8 Å². The predicted octanol–water partition coefficient (Wildman–Crippen LogP) is 0.462. The van der Waals surface area contributed by atoms with E-state index >= 15 is 0 Å². The van der Waals surface area contributed by atoms with Crippen LogP contribution in [-0.4, -0.2) is 30.4 Å². The third kappa shape index (κ3) is 1.69. The van der Waals surface area contributed by atoms with Crippen molar-refractivity contribution in [2.45, 2.75) is 18.9 Å². The maximum absolute atomic E-state index is 12.1. The van der Waals surface area contributed by atoms with Crippen molar-refractivity contribution >= 4 is 5.97 Å². The summed E-state index contributed by atoms with van der Waals surface area (Å²) in [6, 6.07) is 0.244. The molecule has 2 aromatic rings. The van der Waals surface area contributed by atoms with Crippen LogP contribution in [0.3, 0.4) is 0 Å². The molecule has 7 nitrogen and oxygen atoms in total. The van der Waals surface area contributed by atoms with Gasteiger partial charge in [-0.15, -0.1) is 0 Å². The summed E-state index contributed by atoms with van der Waals surface area (Å²) in [6.45, 7) is 0. The highest BCUT2D eigenvalue weighted by Gasteiger charge is 2.25. The van der Waals surface area contributed by atoms with Gasteiger partial charge in [0.15, 0.2) is 0 Å². The molecule has 0 bridgehead atoms. The van der Waals surface area contributed by atoms with Crippen molar-refractivity contribution in [3.05, 3.63) is 40.7 Å². The Labute approximate surface area is 101 Å². The van der Waals surface area contributed by atoms with E-state index in [0.29, 0.717) is 0 Å². The second kappa shape index (κ2) is 3.80. The van der Waals surface area contributed by atoms with Crippen molar-refractivity contribution in [3.8, 4) is 5.82 Å². The molecule has 1 aliphatic carbocycles. The van der Waals surface area contributed by atoms with Gasteiger partial charge in [0.2, 0.25) is 5.82 Å². The molecule has 3 rings (SSSR count). The zero-order valence-corrected chi connectivity index (χ0v) is 9.35. The smallest absolute Gasteiger partial charge is 0.338 e. The van der Waals surface area contributed by atoms with Gasteiger partial charge in [-0.2, -0.15) is 5.10 Å². The van der Waals surface area contributed by atoms with Gasteiger partial charge in [-0.05, 0) is 12.8 Å². The Morgan fingerprint density at radius 3 is 2.83 bits per heavy atom. The molecule has 1 N–H and O–H groups in total. The molecule has 1 aliphatic rings. The van der Waals surface area contributed by atoms with Crippen molar-refractivity contribution in [1.82, 2.24) is 19.3 Å². The van der Waals surface area contributed by atoms with Gasteiger partial charge in [0.05, 0.1) is 11.8 Å². The second-order valence-corrected chi connectivity index (χ2v) is 4.17. The zero-order chi connectivity index (χ0) is 12.7. The number of nitrogens with zero attached hydrogens (tertiary/aromatic N) is 4. The highest BCUT2D eigenvalue weighted by molar-refractivity contribution is 5.86. The quantitative estimate of drug-likeness (QED) is 0.849. The number of aromatic carboxylic acids is 1. The monoisotopic (exact) mass is 246 g/mol. The number of aromatic nitrogens is 4. The van der Waals surface area contributed by atoms with E-state index in [1.807, 2.05) is 0 Å². The van der Waals surface area contributed by atoms with Crippen molar-refractivity contribution < 1.29 is 9.90 Å². The fourth-order valence-electron chi connectivity index (χ4n) is 1.76. The molecule has 92 valence electrons. The van der Waals surface area contributed by atoms with Crippen LogP contribution in [0.1, 0.15) is 29.2 Å². The number of carbonyl (C=O) groups is 1. The third-order valence-corrected chi connectivity index (χ3v) is 2.84. The molecule has 0 atom stereocenters. The molecular formula is C11H10N4O3. The third-order valence-electron chi connectivity index (χ3n) is 2.84. The fraction of sp³-hybridized carbons (Fsp3) is 0.273. The minimum atomic E-state index is -1.08. The van der Waals surface area contributed by atoms with Crippen LogP contribution in [-0.2, 0) is 0 Å². The van der Waals surface area contributed by atoms with Crippen molar-refractivity contribution in [2.24, 2.45) is 0 Å². The lowest BCUT2D eigenvalue weighted by Gasteiger charge is -2.04. The van der Waals surface area contributed by atoms with Crippen molar-refractivity contribution in [2.75, 3.05) is 0 Å². The molecule has 0 radical (unpaired) electrons. The molecule has 0 aliphatic heterocycles. The van der Waals surface area contributed by atoms with Gasteiger partial charge in [-0.25, -0.2) is 14.5 Å². The van der Waals surface area contributed by atoms with Crippen molar-refractivity contribution in [3.63, 3.8) is 0 Å². The zero-order valence-electron chi connectivity index (χ0n) is 9.35. The van der Waals surface area contributed by atoms with Crippen molar-refractivity contribution in [1.29, 1.82) is 0 Å². The van der Waals surface area contributed by atoms with E-state index in [1.165, 1.54) is 23.3 Å². The highest BCUT2D eigenvalue weighted by Crippen LogP contribution is 2.33. The molecule has 18 heavy (non-hydrogen) atoms. The molecule has 2 heterocycles. The first-order chi connectivity index (χ1) is 8.66. The summed E-state index contributed by atoms with van der Waals surface area (Å²) < 4.78 is 2.81. The van der Waals surface area contributed by atoms with Gasteiger partial charge in [0.1, 0.15) is 0 Å². The summed E-state index contributed by atoms with van der Waals surface area (Å²) in [5.41, 5.74) is -0.224. The Balaban J connectivity index is 2.08. The van der Waals surface area contributed by atoms with Crippen LogP contribution < -0.4 is 5.56 Å². The van der Waals surface area contributed by atoms with E-state index in [4.69, 9.17) is 5.11 Å². The predicted molar refractivity (Wildman–Crippen MR) is 60.8 cm³/mol. The van der Waals surface area contributed by atoms with Crippen LogP contribution in [0.25, 0.3) is 5.82 Å². The van der Waals surface area contributed by atoms with Crippen LogP contribution in [0.5, 0.6) is 0 Å². The maximum atomic E-state index is 12.1. The molecular weight excluding hydrogens is 236 g/mol. The van der Waals surface area contributed by atoms with Gasteiger partial charge in [-0.3, -0.25) is 4.79 Å². The van der Waals surface area contributed by atoms with Gasteiger partial charge in [-0.1, -0.05) is 0 Å². The molecule has 0 saturated heterocycles. The SMILES string of the molecule is O=C(O)c1cnn(-c2nccn(C3CC3)c2=O)c1. The first kappa shape index (κ1) is 10.7. The Kier molecular flexibility index (Phi) is 2.26. The van der Waals surface area contributed by atoms with Gasteiger partial charge in [0.25, 0.3) is 5.56 Å². The van der Waals surface area contributed by atoms with Crippen LogP contribution in [0.15, 0.2) is 29.6 Å². The number of rotatable bonds is 3. The van der Waals surface area contributed by atoms with E-state index in [2.05, 4.69) is 10.1 Å². The number of carboxylic acids is 1. The van der Waals surface area contributed by atoms with E-state index in [9.17, 15) is 9.59 Å². The van der Waals surface area contributed by atoms with Crippen LogP contribution >= 0.6 is 0 Å². The Hall–Kier alpha value is -2.44. The molecule has 1 fully saturated rings. The summed E-state index contributed by atoms with van der Waals surface area (Å²) in [7, 11) is 0. The Bertz CT molecular complexity index is 669. The van der Waals surface area contributed by atoms with E-state index in [-0.39, 0.29) is 23.0 Å². The molecule has 0 amide bonds. The fourth-order valence-corrected chi connectivity index (χ4v) is 1.76. The minimum absolute atomic E-state index is 0.0259. The average molecular weight is 246 g/mol. The van der Waals surface area contributed by atoms with E-state index in [1.54, 1.807) is 10.8 Å². The Morgan fingerprint density at radius 1 is 1.44 bits per heavy atom. The molecule has 2 aromatic heterocycles. The Morgan fingerprint density at radius 2 is 2.22 bits per heavy atom. The molecule has 1 saturated carbocycles. The van der Waals surface area contributed by atoms with Crippen LogP contribution in [0.4, 0.5) is 0 Å². The molecule has 0 aromatic carbocycles. The number of carboxylic acid groups (broad SMARTS) is 1. The lowest BCUT2D eigenvalue weighted by molar-refractivity contribution is 0.0697. The maximum Gasteiger partial charge on any atom is 0.338 e. The number of hydrogen-bond donors (Lipinski definition) is 1. The van der Waals surface area contributed by atoms with Gasteiger partial charge in [0, 0.05) is 24.6 Å². The molecule has 0 unspecified atom stereocenters. The first-order valence-electron chi connectivity index (χ1n) is 5.52. The summed E-state index contributed by atoms with van der Waals surface area (Å²) >= 11 is 0. The summed E-state index contributed by atoms with van der Waals surface area (Å²) in [5, 5.41) is 12.7. The van der Waals surface area contributed by atoms with Gasteiger partial charge >= 0.3 is 5.97 Å². The minimum Gasteiger partial charge on any atom is -0.478 e. The van der Waals surface area contributed by atoms with Crippen LogP contribution in [0, 0.1) is 0 Å². The topological polar surface area (TPSA) is 90.0 Å². The number of hydrogen-bond acceptors (Lipinski definition) is 4. The normalized spacial score (nSPS) is 14.7. The largest absolute Gasteiger partial charge is 0.478 e.